The quantitative estimate of drug-likeness (QED) is 0.539. The van der Waals surface area contributed by atoms with Crippen LogP contribution in [0.1, 0.15) is 24.2 Å². The molecule has 0 aliphatic carbocycles. The number of hydrogen-bond acceptors (Lipinski definition) is 6. The lowest BCUT2D eigenvalue weighted by molar-refractivity contribution is -0.114. The molecule has 0 aliphatic heterocycles. The summed E-state index contributed by atoms with van der Waals surface area (Å²) in [5.74, 6) is -0.0814. The number of nitrogens with zero attached hydrogens (tertiary/aromatic N) is 4. The normalized spacial score (nSPS) is 10.5. The first-order chi connectivity index (χ1) is 13.4. The fourth-order valence-corrected chi connectivity index (χ4v) is 2.79. The predicted molar refractivity (Wildman–Crippen MR) is 102 cm³/mol. The fourth-order valence-electron chi connectivity index (χ4n) is 2.79. The van der Waals surface area contributed by atoms with Crippen molar-refractivity contribution in [3.8, 4) is 17.1 Å². The lowest BCUT2D eigenvalue weighted by atomic mass is 10.1. The highest BCUT2D eigenvalue weighted by Crippen LogP contribution is 2.31. The van der Waals surface area contributed by atoms with Gasteiger partial charge in [0.1, 0.15) is 5.75 Å². The molecule has 0 atom stereocenters. The van der Waals surface area contributed by atoms with Crippen LogP contribution in [0, 0.1) is 6.57 Å². The van der Waals surface area contributed by atoms with Gasteiger partial charge in [-0.2, -0.15) is 0 Å². The number of fused-ring (bicyclic) bond motifs is 1. The van der Waals surface area contributed by atoms with Gasteiger partial charge in [0.05, 0.1) is 36.9 Å². The molecule has 9 nitrogen and oxygen atoms in total. The molecule has 0 fully saturated rings. The van der Waals surface area contributed by atoms with E-state index in [4.69, 9.17) is 16.0 Å². The molecular formula is C19H17N5O4. The summed E-state index contributed by atoms with van der Waals surface area (Å²) in [6.07, 6.45) is 0. The zero-order valence-electron chi connectivity index (χ0n) is 15.6. The standard InChI is InChI=1S/C19H17N5O4/c1-6-28-19(26)15-10(2)24-18(16(15)20-4)22-17(23-24)12-7-8-14(27-5)13(9-12)21-11(3)25/h7-9H,2,6H2,1,3,5H3,(H,21,25). The van der Waals surface area contributed by atoms with Crippen LogP contribution in [-0.2, 0) is 9.53 Å². The van der Waals surface area contributed by atoms with Crippen LogP contribution in [0.15, 0.2) is 18.2 Å². The van der Waals surface area contributed by atoms with E-state index in [1.165, 1.54) is 18.5 Å². The largest absolute Gasteiger partial charge is 0.495 e. The van der Waals surface area contributed by atoms with Crippen molar-refractivity contribution < 1.29 is 19.1 Å². The van der Waals surface area contributed by atoms with Crippen LogP contribution < -0.4 is 15.4 Å². The van der Waals surface area contributed by atoms with Crippen LogP contribution in [0.4, 0.5) is 11.4 Å². The Morgan fingerprint density at radius 2 is 2.14 bits per heavy atom. The van der Waals surface area contributed by atoms with Crippen LogP contribution in [0.25, 0.3) is 28.5 Å². The van der Waals surface area contributed by atoms with Gasteiger partial charge in [0.2, 0.25) is 11.6 Å². The van der Waals surface area contributed by atoms with Crippen LogP contribution >= 0.6 is 0 Å². The van der Waals surface area contributed by atoms with Crippen LogP contribution in [0.5, 0.6) is 5.75 Å². The molecule has 0 bridgehead atoms. The molecule has 0 unspecified atom stereocenters. The highest BCUT2D eigenvalue weighted by atomic mass is 16.5. The van der Waals surface area contributed by atoms with E-state index >= 15 is 0 Å². The number of ether oxygens (including phenoxy) is 2. The van der Waals surface area contributed by atoms with Crippen molar-refractivity contribution in [3.05, 3.63) is 40.5 Å². The van der Waals surface area contributed by atoms with Crippen molar-refractivity contribution in [2.75, 3.05) is 19.0 Å². The van der Waals surface area contributed by atoms with E-state index in [0.29, 0.717) is 22.8 Å². The predicted octanol–water partition coefficient (Wildman–Crippen LogP) is 2.22. The Morgan fingerprint density at radius 1 is 1.39 bits per heavy atom. The van der Waals surface area contributed by atoms with Gasteiger partial charge in [-0.3, -0.25) is 4.79 Å². The first-order valence-electron chi connectivity index (χ1n) is 8.33. The van der Waals surface area contributed by atoms with E-state index in [2.05, 4.69) is 26.8 Å². The Labute approximate surface area is 160 Å². The average Bonchev–Trinajstić information content (AvgIpc) is 3.19. The van der Waals surface area contributed by atoms with Crippen molar-refractivity contribution in [2.45, 2.75) is 13.8 Å². The number of hydrogen-bond donors (Lipinski definition) is 1. The van der Waals surface area contributed by atoms with Crippen molar-refractivity contribution >= 4 is 35.5 Å². The number of carbonyl (C=O) groups excluding carboxylic acids is 2. The summed E-state index contributed by atoms with van der Waals surface area (Å²) < 4.78 is 11.6. The number of nitrogens with one attached hydrogen (secondary N) is 1. The van der Waals surface area contributed by atoms with Crippen molar-refractivity contribution in [1.29, 1.82) is 0 Å². The van der Waals surface area contributed by atoms with E-state index in [-0.39, 0.29) is 34.8 Å². The first kappa shape index (κ1) is 18.8. The highest BCUT2D eigenvalue weighted by Gasteiger charge is 2.24. The molecule has 9 heteroatoms. The number of amides is 1. The second-order valence-electron chi connectivity index (χ2n) is 5.77. The van der Waals surface area contributed by atoms with Crippen LogP contribution in [-0.4, -0.2) is 40.2 Å². The van der Waals surface area contributed by atoms with E-state index < -0.39 is 5.97 Å². The Morgan fingerprint density at radius 3 is 2.75 bits per heavy atom. The minimum absolute atomic E-state index is 0.0396. The van der Waals surface area contributed by atoms with E-state index in [0.717, 1.165) is 0 Å². The summed E-state index contributed by atoms with van der Waals surface area (Å²) in [5.41, 5.74) is 1.38. The second-order valence-corrected chi connectivity index (χ2v) is 5.77. The van der Waals surface area contributed by atoms with Gasteiger partial charge in [0.25, 0.3) is 0 Å². The smallest absolute Gasteiger partial charge is 0.329 e. The molecule has 3 rings (SSSR count). The maximum Gasteiger partial charge on any atom is 0.329 e. The van der Waals surface area contributed by atoms with Crippen molar-refractivity contribution in [3.63, 3.8) is 0 Å². The molecule has 2 heterocycles. The van der Waals surface area contributed by atoms with Gasteiger partial charge in [-0.05, 0) is 25.1 Å². The molecule has 0 saturated carbocycles. The number of methoxy groups -OCH3 is 1. The lowest BCUT2D eigenvalue weighted by Gasteiger charge is -2.09. The Balaban J connectivity index is 2.14. The van der Waals surface area contributed by atoms with E-state index in [9.17, 15) is 9.59 Å². The zero-order chi connectivity index (χ0) is 20.4. The molecule has 1 N–H and O–H groups in total. The third kappa shape index (κ3) is 3.12. The molecule has 0 saturated heterocycles. The maximum absolute atomic E-state index is 12.2. The van der Waals surface area contributed by atoms with Gasteiger partial charge in [-0.15, -0.1) is 5.10 Å². The third-order valence-electron chi connectivity index (χ3n) is 3.96. The monoisotopic (exact) mass is 379 g/mol. The number of esters is 1. The number of rotatable bonds is 5. The number of benzene rings is 1. The van der Waals surface area contributed by atoms with Gasteiger partial charge in [0.15, 0.2) is 11.5 Å². The minimum atomic E-state index is -0.634. The van der Waals surface area contributed by atoms with Gasteiger partial charge >= 0.3 is 5.97 Å². The molecule has 0 spiro atoms. The summed E-state index contributed by atoms with van der Waals surface area (Å²) in [5, 5.41) is 7.28. The summed E-state index contributed by atoms with van der Waals surface area (Å²) in [6, 6.07) is 5.07. The summed E-state index contributed by atoms with van der Waals surface area (Å²) in [6.45, 7) is 14.5. The minimum Gasteiger partial charge on any atom is -0.495 e. The zero-order valence-corrected chi connectivity index (χ0v) is 15.6. The molecule has 28 heavy (non-hydrogen) atoms. The van der Waals surface area contributed by atoms with Gasteiger partial charge in [0, 0.05) is 12.5 Å². The van der Waals surface area contributed by atoms with Crippen molar-refractivity contribution in [2.24, 2.45) is 0 Å². The SMILES string of the molecule is [C-]#[N+]c1c(C(=O)OCC)c(=C)n2nc(-c3ccc(OC)c(NC(C)=O)c3)nc12. The number of aromatic nitrogens is 3. The molecular weight excluding hydrogens is 362 g/mol. The maximum atomic E-state index is 12.2. The number of carbonyl (C=O) groups is 2. The Hall–Kier alpha value is -3.93. The van der Waals surface area contributed by atoms with E-state index in [1.807, 2.05) is 0 Å². The summed E-state index contributed by atoms with van der Waals surface area (Å²) >= 11 is 0. The van der Waals surface area contributed by atoms with Gasteiger partial charge in [-0.25, -0.2) is 19.1 Å². The first-order valence-corrected chi connectivity index (χ1v) is 8.33. The molecule has 0 aliphatic rings. The molecule has 0 radical (unpaired) electrons. The molecule has 2 aromatic heterocycles. The summed E-state index contributed by atoms with van der Waals surface area (Å²) in [4.78, 5) is 31.4. The fraction of sp³-hybridized carbons (Fsp3) is 0.211. The second kappa shape index (κ2) is 7.36. The third-order valence-corrected chi connectivity index (χ3v) is 3.96. The van der Waals surface area contributed by atoms with Gasteiger partial charge < -0.3 is 14.8 Å². The van der Waals surface area contributed by atoms with Crippen LogP contribution in [0.2, 0.25) is 0 Å². The lowest BCUT2D eigenvalue weighted by Crippen LogP contribution is -2.18. The Kier molecular flexibility index (Phi) is 4.96. The van der Waals surface area contributed by atoms with Crippen LogP contribution in [0.3, 0.4) is 0 Å². The average molecular weight is 379 g/mol. The van der Waals surface area contributed by atoms with Gasteiger partial charge in [-0.1, -0.05) is 6.58 Å². The number of anilines is 1. The summed E-state index contributed by atoms with van der Waals surface area (Å²) in [7, 11) is 1.50. The van der Waals surface area contributed by atoms with Crippen molar-refractivity contribution in [1.82, 2.24) is 14.6 Å². The topological polar surface area (TPSA) is 99.2 Å². The molecule has 142 valence electrons. The molecule has 1 amide bonds. The van der Waals surface area contributed by atoms with E-state index in [1.54, 1.807) is 25.1 Å². The highest BCUT2D eigenvalue weighted by molar-refractivity contribution is 6.00. The Bertz CT molecular complexity index is 1180. The molecule has 3 aromatic rings. The molecule has 1 aromatic carbocycles.